The van der Waals surface area contributed by atoms with Gasteiger partial charge in [-0.3, -0.25) is 9.48 Å². The standard InChI is InChI=1S/C21H17ClF3N3OS/c1-3-19(29)28-10-15(14-8-18(22)30-17(14)11-28)12-6-4-5-7-13(12)16-9-27(2)26-20(16)21(23,24)25/h3-9,15H,1,10-11H2,2H3/t15-/m0/s1/i2D3. The summed E-state index contributed by atoms with van der Waals surface area (Å²) in [6.07, 6.45) is -2.79. The first kappa shape index (κ1) is 17.1. The van der Waals surface area contributed by atoms with E-state index in [1.165, 1.54) is 23.5 Å². The number of fused-ring (bicyclic) bond motifs is 1. The third-order valence-electron chi connectivity index (χ3n) is 5.02. The third-order valence-corrected chi connectivity index (χ3v) is 6.28. The van der Waals surface area contributed by atoms with Gasteiger partial charge in [-0.15, -0.1) is 11.3 Å². The number of carbonyl (C=O) groups is 1. The van der Waals surface area contributed by atoms with Gasteiger partial charge in [0.25, 0.3) is 0 Å². The van der Waals surface area contributed by atoms with E-state index < -0.39 is 24.8 Å². The Kier molecular flexibility index (Phi) is 4.34. The van der Waals surface area contributed by atoms with Crippen molar-refractivity contribution in [1.29, 1.82) is 0 Å². The van der Waals surface area contributed by atoms with Crippen LogP contribution >= 0.6 is 22.9 Å². The van der Waals surface area contributed by atoms with Crippen molar-refractivity contribution in [3.8, 4) is 11.1 Å². The van der Waals surface area contributed by atoms with Crippen LogP contribution in [0.1, 0.15) is 31.7 Å². The van der Waals surface area contributed by atoms with Crippen LogP contribution in [0.3, 0.4) is 0 Å². The van der Waals surface area contributed by atoms with Crippen LogP contribution in [0.15, 0.2) is 49.2 Å². The number of aryl methyl sites for hydroxylation is 1. The minimum Gasteiger partial charge on any atom is -0.333 e. The lowest BCUT2D eigenvalue weighted by atomic mass is 9.84. The highest BCUT2D eigenvalue weighted by molar-refractivity contribution is 7.16. The number of amides is 1. The maximum absolute atomic E-state index is 13.8. The molecule has 0 bridgehead atoms. The molecule has 1 aliphatic rings. The number of alkyl halides is 3. The second-order valence-electron chi connectivity index (χ2n) is 6.83. The second kappa shape index (κ2) is 7.59. The van der Waals surface area contributed by atoms with Gasteiger partial charge in [0.05, 0.1) is 10.9 Å². The summed E-state index contributed by atoms with van der Waals surface area (Å²) in [6, 6.07) is 8.18. The van der Waals surface area contributed by atoms with Gasteiger partial charge < -0.3 is 4.90 Å². The maximum Gasteiger partial charge on any atom is 0.435 e. The van der Waals surface area contributed by atoms with Crippen LogP contribution in [0.5, 0.6) is 0 Å². The Morgan fingerprint density at radius 3 is 2.83 bits per heavy atom. The Morgan fingerprint density at radius 1 is 1.37 bits per heavy atom. The van der Waals surface area contributed by atoms with Crippen LogP contribution in [0.25, 0.3) is 11.1 Å². The lowest BCUT2D eigenvalue weighted by Crippen LogP contribution is -2.37. The molecule has 0 radical (unpaired) electrons. The average molecular weight is 455 g/mol. The minimum absolute atomic E-state index is 0.187. The molecule has 3 heterocycles. The quantitative estimate of drug-likeness (QED) is 0.491. The summed E-state index contributed by atoms with van der Waals surface area (Å²) in [5, 5.41) is 3.35. The van der Waals surface area contributed by atoms with Crippen LogP contribution in [0.4, 0.5) is 13.2 Å². The molecule has 1 atom stereocenters. The number of hydrogen-bond acceptors (Lipinski definition) is 3. The Morgan fingerprint density at radius 2 is 2.13 bits per heavy atom. The molecule has 4 rings (SSSR count). The molecule has 1 aliphatic heterocycles. The molecule has 9 heteroatoms. The van der Waals surface area contributed by atoms with Crippen LogP contribution in [0.2, 0.25) is 4.34 Å². The zero-order chi connectivity index (χ0) is 24.1. The van der Waals surface area contributed by atoms with Gasteiger partial charge in [0.15, 0.2) is 5.69 Å². The highest BCUT2D eigenvalue weighted by Crippen LogP contribution is 2.44. The smallest absolute Gasteiger partial charge is 0.333 e. The van der Waals surface area contributed by atoms with Gasteiger partial charge in [-0.1, -0.05) is 42.4 Å². The Bertz CT molecular complexity index is 1240. The number of thiophene rings is 1. The van der Waals surface area contributed by atoms with Crippen molar-refractivity contribution in [2.75, 3.05) is 6.54 Å². The summed E-state index contributed by atoms with van der Waals surface area (Å²) in [7, 11) is 0. The van der Waals surface area contributed by atoms with Gasteiger partial charge in [-0.2, -0.15) is 18.3 Å². The van der Waals surface area contributed by atoms with E-state index >= 15 is 0 Å². The van der Waals surface area contributed by atoms with Crippen molar-refractivity contribution < 1.29 is 22.1 Å². The maximum atomic E-state index is 13.8. The van der Waals surface area contributed by atoms with E-state index in [0.29, 0.717) is 21.1 Å². The van der Waals surface area contributed by atoms with Crippen LogP contribution in [-0.4, -0.2) is 27.1 Å². The molecule has 1 amide bonds. The first-order valence-corrected chi connectivity index (χ1v) is 10.1. The predicted molar refractivity (Wildman–Crippen MR) is 110 cm³/mol. The van der Waals surface area contributed by atoms with Crippen LogP contribution in [-0.2, 0) is 24.5 Å². The number of carbonyl (C=O) groups excluding carboxylic acids is 1. The van der Waals surface area contributed by atoms with E-state index in [1.54, 1.807) is 29.2 Å². The van der Waals surface area contributed by atoms with Crippen molar-refractivity contribution in [3.63, 3.8) is 0 Å². The number of halogens is 4. The predicted octanol–water partition coefficient (Wildman–Crippen LogP) is 5.48. The molecule has 0 saturated heterocycles. The molecule has 2 aromatic heterocycles. The topological polar surface area (TPSA) is 38.1 Å². The van der Waals surface area contributed by atoms with E-state index in [4.69, 9.17) is 15.7 Å². The van der Waals surface area contributed by atoms with Crippen molar-refractivity contribution in [1.82, 2.24) is 14.7 Å². The number of nitrogens with zero attached hydrogens (tertiary/aromatic N) is 3. The number of benzene rings is 1. The molecule has 0 spiro atoms. The molecular weight excluding hydrogens is 435 g/mol. The first-order valence-electron chi connectivity index (χ1n) is 10.4. The molecule has 156 valence electrons. The molecule has 1 aromatic carbocycles. The lowest BCUT2D eigenvalue weighted by Gasteiger charge is -2.33. The van der Waals surface area contributed by atoms with E-state index in [-0.39, 0.29) is 23.6 Å². The zero-order valence-electron chi connectivity index (χ0n) is 18.4. The highest BCUT2D eigenvalue weighted by atomic mass is 35.5. The van der Waals surface area contributed by atoms with E-state index in [0.717, 1.165) is 16.6 Å². The lowest BCUT2D eigenvalue weighted by molar-refractivity contribution is -0.141. The van der Waals surface area contributed by atoms with E-state index in [2.05, 4.69) is 11.7 Å². The third kappa shape index (κ3) is 3.65. The van der Waals surface area contributed by atoms with E-state index in [9.17, 15) is 18.0 Å². The molecule has 0 aliphatic carbocycles. The van der Waals surface area contributed by atoms with Gasteiger partial charge in [0.1, 0.15) is 0 Å². The second-order valence-corrected chi connectivity index (χ2v) is 8.59. The summed E-state index contributed by atoms with van der Waals surface area (Å²) in [6.45, 7) is 1.17. The van der Waals surface area contributed by atoms with Gasteiger partial charge >= 0.3 is 6.18 Å². The van der Waals surface area contributed by atoms with Gasteiger partial charge in [-0.05, 0) is 28.8 Å². The van der Waals surface area contributed by atoms with E-state index in [1.807, 2.05) is 0 Å². The molecule has 0 fully saturated rings. The molecule has 0 saturated carbocycles. The fourth-order valence-corrected chi connectivity index (χ4v) is 5.13. The van der Waals surface area contributed by atoms with Crippen LogP contribution < -0.4 is 0 Å². The molecular formula is C21H17ClF3N3OS. The fourth-order valence-electron chi connectivity index (χ4n) is 3.77. The zero-order valence-corrected chi connectivity index (χ0v) is 17.0. The largest absolute Gasteiger partial charge is 0.435 e. The van der Waals surface area contributed by atoms with Gasteiger partial charge in [-0.25, -0.2) is 0 Å². The monoisotopic (exact) mass is 454 g/mol. The van der Waals surface area contributed by atoms with Crippen molar-refractivity contribution >= 4 is 28.8 Å². The normalized spacial score (nSPS) is 18.3. The molecule has 30 heavy (non-hydrogen) atoms. The average Bonchev–Trinajstić information content (AvgIpc) is 3.35. The first-order chi connectivity index (χ1) is 15.4. The number of aromatic nitrogens is 2. The molecule has 0 unspecified atom stereocenters. The summed E-state index contributed by atoms with van der Waals surface area (Å²) in [5.74, 6) is -0.784. The number of rotatable bonds is 3. The Labute approximate surface area is 184 Å². The van der Waals surface area contributed by atoms with Crippen LogP contribution in [0, 0.1) is 0 Å². The van der Waals surface area contributed by atoms with Gasteiger partial charge in [0, 0.05) is 40.2 Å². The summed E-state index contributed by atoms with van der Waals surface area (Å²) >= 11 is 7.53. The fraction of sp³-hybridized carbons (Fsp3) is 0.238. The summed E-state index contributed by atoms with van der Waals surface area (Å²) in [5.41, 5.74) is -0.118. The van der Waals surface area contributed by atoms with Crippen molar-refractivity contribution in [3.05, 3.63) is 75.2 Å². The summed E-state index contributed by atoms with van der Waals surface area (Å²) in [4.78, 5) is 14.8. The van der Waals surface area contributed by atoms with Crippen molar-refractivity contribution in [2.45, 2.75) is 18.6 Å². The highest BCUT2D eigenvalue weighted by Gasteiger charge is 2.39. The van der Waals surface area contributed by atoms with Crippen molar-refractivity contribution in [2.24, 2.45) is 6.98 Å². The summed E-state index contributed by atoms with van der Waals surface area (Å²) < 4.78 is 64.8. The molecule has 3 aromatic rings. The number of hydrogen-bond donors (Lipinski definition) is 0. The Hall–Kier alpha value is -2.58. The minimum atomic E-state index is -4.87. The molecule has 0 N–H and O–H groups in total. The SMILES string of the molecule is [2H]C([2H])([2H])n1cc(-c2ccccc2[C@@H]2CN(C(=O)C=C)Cc3sc(Cl)cc32)c(C(F)(F)F)n1. The van der Waals surface area contributed by atoms with Gasteiger partial charge in [0.2, 0.25) is 5.91 Å². The Balaban J connectivity index is 1.91. The molecule has 4 nitrogen and oxygen atoms in total.